The monoisotopic (exact) mass is 394 g/mol. The highest BCUT2D eigenvalue weighted by Crippen LogP contribution is 2.60. The fourth-order valence-electron chi connectivity index (χ4n) is 4.20. The van der Waals surface area contributed by atoms with E-state index in [4.69, 9.17) is 9.47 Å². The summed E-state index contributed by atoms with van der Waals surface area (Å²) in [7, 11) is 1.42. The number of ether oxygens (including phenoxy) is 2. The number of hydrogen-bond acceptors (Lipinski definition) is 5. The van der Waals surface area contributed by atoms with Gasteiger partial charge in [-0.3, -0.25) is 9.59 Å². The van der Waals surface area contributed by atoms with Crippen LogP contribution in [0.3, 0.4) is 0 Å². The van der Waals surface area contributed by atoms with Gasteiger partial charge in [-0.1, -0.05) is 50.2 Å². The molecule has 1 heterocycles. The van der Waals surface area contributed by atoms with Gasteiger partial charge >= 0.3 is 11.9 Å². The lowest BCUT2D eigenvalue weighted by molar-refractivity contribution is -0.175. The van der Waals surface area contributed by atoms with E-state index in [-0.39, 0.29) is 11.7 Å². The predicted octanol–water partition coefficient (Wildman–Crippen LogP) is 2.94. The third-order valence-electron chi connectivity index (χ3n) is 5.49. The number of carbonyl (C=O) groups excluding carboxylic acids is 3. The quantitative estimate of drug-likeness (QED) is 0.835. The van der Waals surface area contributed by atoms with E-state index in [1.807, 2.05) is 26.0 Å². The number of ketones is 1. The van der Waals surface area contributed by atoms with E-state index in [9.17, 15) is 14.4 Å². The molecule has 7 heteroatoms. The zero-order valence-corrected chi connectivity index (χ0v) is 16.7. The van der Waals surface area contributed by atoms with Crippen LogP contribution in [0.25, 0.3) is 0 Å². The molecule has 2 aliphatic rings. The maximum Gasteiger partial charge on any atom is 0.410 e. The van der Waals surface area contributed by atoms with Crippen molar-refractivity contribution in [2.24, 2.45) is 0 Å². The van der Waals surface area contributed by atoms with Gasteiger partial charge in [-0.05, 0) is 17.5 Å². The number of carbonyl (C=O) groups is 3. The Hall–Kier alpha value is -3.35. The first kappa shape index (κ1) is 19.0. The molecule has 2 N–H and O–H groups in total. The van der Waals surface area contributed by atoms with Crippen molar-refractivity contribution in [1.82, 2.24) is 10.6 Å². The summed E-state index contributed by atoms with van der Waals surface area (Å²) in [5.74, 6) is -2.05. The molecule has 29 heavy (non-hydrogen) atoms. The molecule has 0 saturated heterocycles. The number of hydrogen-bond donors (Lipinski definition) is 2. The van der Waals surface area contributed by atoms with E-state index < -0.39 is 23.3 Å². The smallest absolute Gasteiger partial charge is 0.410 e. The van der Waals surface area contributed by atoms with Gasteiger partial charge in [-0.2, -0.15) is 0 Å². The van der Waals surface area contributed by atoms with Gasteiger partial charge in [0.1, 0.15) is 5.75 Å². The Morgan fingerprint density at radius 2 is 1.83 bits per heavy atom. The average Bonchev–Trinajstić information content (AvgIpc) is 3.06. The van der Waals surface area contributed by atoms with Crippen molar-refractivity contribution in [3.8, 4) is 5.75 Å². The molecular formula is C22H22N2O5. The fourth-order valence-corrected chi connectivity index (χ4v) is 4.20. The van der Waals surface area contributed by atoms with Crippen LogP contribution in [0.5, 0.6) is 5.75 Å². The van der Waals surface area contributed by atoms with E-state index in [0.29, 0.717) is 22.4 Å². The van der Waals surface area contributed by atoms with Gasteiger partial charge in [0.2, 0.25) is 17.2 Å². The maximum atomic E-state index is 13.7. The summed E-state index contributed by atoms with van der Waals surface area (Å²) in [5.41, 5.74) is 0.480. The summed E-state index contributed by atoms with van der Waals surface area (Å²) in [6, 6.07) is 12.2. The van der Waals surface area contributed by atoms with Crippen LogP contribution in [0.2, 0.25) is 0 Å². The van der Waals surface area contributed by atoms with Crippen LogP contribution < -0.4 is 15.4 Å². The van der Waals surface area contributed by atoms with Crippen LogP contribution in [-0.4, -0.2) is 24.8 Å². The molecule has 4 rings (SSSR count). The van der Waals surface area contributed by atoms with Crippen molar-refractivity contribution in [2.45, 2.75) is 38.0 Å². The third-order valence-corrected chi connectivity index (χ3v) is 5.49. The molecule has 0 radical (unpaired) electrons. The van der Waals surface area contributed by atoms with E-state index in [0.717, 1.165) is 5.56 Å². The van der Waals surface area contributed by atoms with Crippen molar-refractivity contribution in [2.75, 3.05) is 7.05 Å². The lowest BCUT2D eigenvalue weighted by Crippen LogP contribution is -2.61. The Kier molecular flexibility index (Phi) is 4.15. The molecule has 2 atom stereocenters. The number of alkyl carbamates (subject to hydrolysis) is 1. The van der Waals surface area contributed by atoms with E-state index >= 15 is 0 Å². The summed E-state index contributed by atoms with van der Waals surface area (Å²) in [6.45, 7) is 5.40. The molecule has 7 nitrogen and oxygen atoms in total. The lowest BCUT2D eigenvalue weighted by Gasteiger charge is -2.37. The van der Waals surface area contributed by atoms with Gasteiger partial charge < -0.3 is 20.1 Å². The predicted molar refractivity (Wildman–Crippen MR) is 105 cm³/mol. The second-order valence-electron chi connectivity index (χ2n) is 7.57. The minimum Gasteiger partial charge on any atom is -0.445 e. The van der Waals surface area contributed by atoms with Crippen LogP contribution in [-0.2, 0) is 20.9 Å². The first-order valence-electron chi connectivity index (χ1n) is 9.44. The second kappa shape index (κ2) is 6.34. The van der Waals surface area contributed by atoms with Gasteiger partial charge in [-0.15, -0.1) is 0 Å². The summed E-state index contributed by atoms with van der Waals surface area (Å²) in [5, 5.41) is 5.18. The molecule has 150 valence electrons. The van der Waals surface area contributed by atoms with Crippen LogP contribution in [0, 0.1) is 0 Å². The second-order valence-corrected chi connectivity index (χ2v) is 7.57. The first-order valence-corrected chi connectivity index (χ1v) is 9.44. The summed E-state index contributed by atoms with van der Waals surface area (Å²) in [4.78, 5) is 38.3. The van der Waals surface area contributed by atoms with Gasteiger partial charge in [-0.25, -0.2) is 4.79 Å². The molecule has 0 fully saturated rings. The summed E-state index contributed by atoms with van der Waals surface area (Å²) < 4.78 is 12.0. The topological polar surface area (TPSA) is 93.7 Å². The molecular weight excluding hydrogens is 372 g/mol. The lowest BCUT2D eigenvalue weighted by atomic mass is 9.82. The number of amides is 2. The fraction of sp³-hybridized carbons (Fsp3) is 0.318. The molecule has 1 aliphatic heterocycles. The van der Waals surface area contributed by atoms with E-state index in [2.05, 4.69) is 10.6 Å². The van der Waals surface area contributed by atoms with Gasteiger partial charge in [0, 0.05) is 25.1 Å². The van der Waals surface area contributed by atoms with Gasteiger partial charge in [0.25, 0.3) is 0 Å². The Balaban J connectivity index is 2.04. The molecule has 0 bridgehead atoms. The Morgan fingerprint density at radius 1 is 1.10 bits per heavy atom. The molecule has 2 aromatic rings. The maximum absolute atomic E-state index is 13.7. The van der Waals surface area contributed by atoms with Crippen molar-refractivity contribution in [1.29, 1.82) is 0 Å². The molecule has 2 unspecified atom stereocenters. The number of rotatable bonds is 3. The van der Waals surface area contributed by atoms with Crippen LogP contribution >= 0.6 is 0 Å². The van der Waals surface area contributed by atoms with Crippen LogP contribution in [0.4, 0.5) is 4.79 Å². The van der Waals surface area contributed by atoms with Gasteiger partial charge in [0.05, 0.1) is 5.56 Å². The minimum absolute atomic E-state index is 0.222. The minimum atomic E-state index is -1.84. The van der Waals surface area contributed by atoms with E-state index in [1.54, 1.807) is 30.3 Å². The Labute approximate surface area is 168 Å². The molecule has 0 saturated carbocycles. The highest BCUT2D eigenvalue weighted by molar-refractivity contribution is 6.12. The molecule has 0 spiro atoms. The average molecular weight is 394 g/mol. The zero-order chi connectivity index (χ0) is 21.0. The van der Waals surface area contributed by atoms with Crippen molar-refractivity contribution in [3.63, 3.8) is 0 Å². The van der Waals surface area contributed by atoms with Gasteiger partial charge in [0.15, 0.2) is 0 Å². The zero-order valence-electron chi connectivity index (χ0n) is 16.7. The van der Waals surface area contributed by atoms with Crippen LogP contribution in [0.1, 0.15) is 53.7 Å². The SMILES string of the molecule is CNC(=O)OC12Oc3cc(C(C)C)ccc3C1(NC(C)=O)C(=O)c1ccccc12. The molecule has 2 amide bonds. The first-order chi connectivity index (χ1) is 13.8. The number of nitrogens with one attached hydrogen (secondary N) is 2. The Morgan fingerprint density at radius 3 is 2.48 bits per heavy atom. The Bertz CT molecular complexity index is 1050. The van der Waals surface area contributed by atoms with Crippen molar-refractivity contribution >= 4 is 17.8 Å². The van der Waals surface area contributed by atoms with Crippen LogP contribution in [0.15, 0.2) is 42.5 Å². The van der Waals surface area contributed by atoms with Crippen molar-refractivity contribution in [3.05, 3.63) is 64.7 Å². The molecule has 2 aromatic carbocycles. The number of Topliss-reactive ketones (excluding diaryl/α,β-unsaturated/α-hetero) is 1. The standard InChI is InChI=1S/C22H22N2O5/c1-12(2)14-9-10-17-18(11-14)28-22(29-20(27)23-4)16-8-6-5-7-15(16)19(26)21(17,22)24-13(3)25/h5-12H,1-4H3,(H,23,27)(H,24,25). The number of benzene rings is 2. The van der Waals surface area contributed by atoms with Crippen molar-refractivity contribution < 1.29 is 23.9 Å². The largest absolute Gasteiger partial charge is 0.445 e. The summed E-state index contributed by atoms with van der Waals surface area (Å²) in [6.07, 6.45) is -0.777. The molecule has 1 aliphatic carbocycles. The highest BCUT2D eigenvalue weighted by Gasteiger charge is 2.74. The third kappa shape index (κ3) is 2.40. The highest BCUT2D eigenvalue weighted by atomic mass is 16.7. The van der Waals surface area contributed by atoms with E-state index in [1.165, 1.54) is 14.0 Å². The number of fused-ring (bicyclic) bond motifs is 5. The molecule has 0 aromatic heterocycles. The summed E-state index contributed by atoms with van der Waals surface area (Å²) >= 11 is 0. The normalized spacial score (nSPS) is 23.7.